The van der Waals surface area contributed by atoms with Crippen molar-refractivity contribution in [2.24, 2.45) is 10.8 Å². The smallest absolute Gasteiger partial charge is 0.206 e. The van der Waals surface area contributed by atoms with Gasteiger partial charge in [-0.15, -0.1) is 0 Å². The van der Waals surface area contributed by atoms with Crippen LogP contribution in [0.15, 0.2) is 52.2 Å². The minimum Gasteiger partial charge on any atom is -0.463 e. The van der Waals surface area contributed by atoms with E-state index < -0.39 is 0 Å². The first-order valence-electron chi connectivity index (χ1n) is 6.48. The minimum atomic E-state index is 0.0639. The molecule has 0 amide bonds. The molecule has 4 N–H and O–H groups in total. The highest BCUT2D eigenvalue weighted by Crippen LogP contribution is 2.23. The molecule has 0 saturated carbocycles. The second kappa shape index (κ2) is 7.91. The monoisotopic (exact) mass is 367 g/mol. The Kier molecular flexibility index (Phi) is 5.91. The number of halogens is 1. The second-order valence-electron chi connectivity index (χ2n) is 4.35. The standard InChI is InChI=1S/C14H14ClN5OS2/c1-9(12-7-4-8-21-12)17-18-14(23)19-20(13(16)22)11-6-3-2-5-10(11)15/h2-8H,1H3,(H2,16,22)(H2,18,19,23)/b17-9-. The quantitative estimate of drug-likeness (QED) is 0.437. The van der Waals surface area contributed by atoms with Crippen molar-refractivity contribution in [1.29, 1.82) is 0 Å². The Morgan fingerprint density at radius 1 is 1.26 bits per heavy atom. The van der Waals surface area contributed by atoms with E-state index in [0.717, 1.165) is 0 Å². The summed E-state index contributed by atoms with van der Waals surface area (Å²) in [4.78, 5) is 0. The number of benzene rings is 1. The van der Waals surface area contributed by atoms with Gasteiger partial charge in [0.1, 0.15) is 11.5 Å². The average molecular weight is 368 g/mol. The van der Waals surface area contributed by atoms with Crippen molar-refractivity contribution in [2.45, 2.75) is 6.92 Å². The lowest BCUT2D eigenvalue weighted by atomic mass is 10.3. The molecule has 0 spiro atoms. The molecule has 6 nitrogen and oxygen atoms in total. The van der Waals surface area contributed by atoms with E-state index in [0.29, 0.717) is 22.2 Å². The van der Waals surface area contributed by atoms with Gasteiger partial charge in [0.05, 0.1) is 17.0 Å². The molecule has 0 bridgehead atoms. The molecule has 1 aromatic heterocycles. The van der Waals surface area contributed by atoms with Crippen molar-refractivity contribution in [3.8, 4) is 0 Å². The normalized spacial score (nSPS) is 11.0. The highest BCUT2D eigenvalue weighted by molar-refractivity contribution is 7.80. The van der Waals surface area contributed by atoms with Gasteiger partial charge in [0.25, 0.3) is 0 Å². The molecular weight excluding hydrogens is 354 g/mol. The first-order valence-corrected chi connectivity index (χ1v) is 7.67. The van der Waals surface area contributed by atoms with Crippen LogP contribution < -0.4 is 21.6 Å². The van der Waals surface area contributed by atoms with Gasteiger partial charge in [-0.3, -0.25) is 10.9 Å². The summed E-state index contributed by atoms with van der Waals surface area (Å²) in [5.74, 6) is 0.637. The number of anilines is 1. The van der Waals surface area contributed by atoms with Crippen molar-refractivity contribution in [1.82, 2.24) is 10.9 Å². The van der Waals surface area contributed by atoms with Gasteiger partial charge >= 0.3 is 0 Å². The number of furan rings is 1. The van der Waals surface area contributed by atoms with Crippen molar-refractivity contribution in [3.05, 3.63) is 53.4 Å². The lowest BCUT2D eigenvalue weighted by Gasteiger charge is -2.25. The summed E-state index contributed by atoms with van der Waals surface area (Å²) < 4.78 is 5.23. The number of hydrazone groups is 1. The molecule has 0 unspecified atom stereocenters. The predicted octanol–water partition coefficient (Wildman–Crippen LogP) is 2.79. The lowest BCUT2D eigenvalue weighted by molar-refractivity contribution is 0.556. The topological polar surface area (TPSA) is 78.8 Å². The van der Waals surface area contributed by atoms with Gasteiger partial charge in [0.15, 0.2) is 5.11 Å². The van der Waals surface area contributed by atoms with E-state index in [-0.39, 0.29) is 10.2 Å². The maximum atomic E-state index is 6.14. The maximum absolute atomic E-state index is 6.14. The molecule has 0 atom stereocenters. The van der Waals surface area contributed by atoms with Crippen LogP contribution in [-0.2, 0) is 0 Å². The van der Waals surface area contributed by atoms with Crippen molar-refractivity contribution in [3.63, 3.8) is 0 Å². The number of hydrogen-bond donors (Lipinski definition) is 3. The molecule has 1 aromatic carbocycles. The molecule has 9 heteroatoms. The van der Waals surface area contributed by atoms with Gasteiger partial charge in [-0.25, -0.2) is 5.01 Å². The summed E-state index contributed by atoms with van der Waals surface area (Å²) in [6.45, 7) is 1.79. The van der Waals surface area contributed by atoms with Crippen LogP contribution in [0.4, 0.5) is 5.69 Å². The average Bonchev–Trinajstić information content (AvgIpc) is 3.05. The number of nitrogens with one attached hydrogen (secondary N) is 2. The number of hydrazine groups is 1. The molecule has 23 heavy (non-hydrogen) atoms. The van der Waals surface area contributed by atoms with Gasteiger partial charge < -0.3 is 10.2 Å². The fourth-order valence-electron chi connectivity index (χ4n) is 1.67. The van der Waals surface area contributed by atoms with Gasteiger partial charge in [0.2, 0.25) is 5.11 Å². The van der Waals surface area contributed by atoms with E-state index in [2.05, 4.69) is 16.0 Å². The van der Waals surface area contributed by atoms with E-state index >= 15 is 0 Å². The van der Waals surface area contributed by atoms with Gasteiger partial charge in [-0.05, 0) is 55.6 Å². The zero-order valence-corrected chi connectivity index (χ0v) is 14.5. The van der Waals surface area contributed by atoms with Crippen molar-refractivity contribution in [2.75, 3.05) is 5.01 Å². The van der Waals surface area contributed by atoms with Crippen molar-refractivity contribution >= 4 is 57.7 Å². The molecule has 0 aliphatic rings. The molecule has 0 saturated heterocycles. The third-order valence-corrected chi connectivity index (χ3v) is 3.41. The van der Waals surface area contributed by atoms with E-state index in [1.165, 1.54) is 5.01 Å². The molecular formula is C14H14ClN5OS2. The zero-order valence-electron chi connectivity index (χ0n) is 12.1. The van der Waals surface area contributed by atoms with Crippen LogP contribution in [0.3, 0.4) is 0 Å². The SMILES string of the molecule is C/C(=N/NC(=S)NN(C(N)=S)c1ccccc1Cl)c1ccco1. The summed E-state index contributed by atoms with van der Waals surface area (Å²) in [6, 6.07) is 10.7. The van der Waals surface area contributed by atoms with Gasteiger partial charge in [-0.2, -0.15) is 5.10 Å². The Balaban J connectivity index is 2.06. The Morgan fingerprint density at radius 3 is 2.61 bits per heavy atom. The largest absolute Gasteiger partial charge is 0.463 e. The zero-order chi connectivity index (χ0) is 16.8. The number of nitrogens with two attached hydrogens (primary N) is 1. The molecule has 0 fully saturated rings. The Hall–Kier alpha value is -2.16. The second-order valence-corrected chi connectivity index (χ2v) is 5.59. The summed E-state index contributed by atoms with van der Waals surface area (Å²) >= 11 is 16.3. The van der Waals surface area contributed by atoms with E-state index in [1.807, 2.05) is 6.07 Å². The van der Waals surface area contributed by atoms with Gasteiger partial charge in [0, 0.05) is 0 Å². The van der Waals surface area contributed by atoms with Crippen molar-refractivity contribution < 1.29 is 4.42 Å². The third kappa shape index (κ3) is 4.65. The number of nitrogens with zero attached hydrogens (tertiary/aromatic N) is 2. The third-order valence-electron chi connectivity index (χ3n) is 2.73. The number of hydrogen-bond acceptors (Lipinski definition) is 4. The predicted molar refractivity (Wildman–Crippen MR) is 101 cm³/mol. The molecule has 2 rings (SSSR count). The Bertz CT molecular complexity index is 733. The highest BCUT2D eigenvalue weighted by Gasteiger charge is 2.14. The van der Waals surface area contributed by atoms with Crippen LogP contribution in [0.2, 0.25) is 5.02 Å². The van der Waals surface area contributed by atoms with E-state index in [1.54, 1.807) is 43.5 Å². The lowest BCUT2D eigenvalue weighted by Crippen LogP contribution is -2.51. The minimum absolute atomic E-state index is 0.0639. The summed E-state index contributed by atoms with van der Waals surface area (Å²) in [7, 11) is 0. The first kappa shape index (κ1) is 17.2. The summed E-state index contributed by atoms with van der Waals surface area (Å²) in [5, 5.41) is 6.25. The highest BCUT2D eigenvalue weighted by atomic mass is 35.5. The van der Waals surface area contributed by atoms with E-state index in [4.69, 9.17) is 46.2 Å². The number of thiocarbonyl (C=S) groups is 2. The molecule has 120 valence electrons. The molecule has 2 aromatic rings. The van der Waals surface area contributed by atoms with E-state index in [9.17, 15) is 0 Å². The van der Waals surface area contributed by atoms with Crippen LogP contribution in [-0.4, -0.2) is 15.9 Å². The van der Waals surface area contributed by atoms with Crippen LogP contribution in [0.25, 0.3) is 0 Å². The number of rotatable bonds is 3. The van der Waals surface area contributed by atoms with Crippen LogP contribution in [0.5, 0.6) is 0 Å². The molecule has 1 heterocycles. The summed E-state index contributed by atoms with van der Waals surface area (Å²) in [5.41, 5.74) is 12.5. The molecule has 0 aliphatic carbocycles. The van der Waals surface area contributed by atoms with Gasteiger partial charge in [-0.1, -0.05) is 23.7 Å². The maximum Gasteiger partial charge on any atom is 0.206 e. The Labute approximate surface area is 149 Å². The first-order chi connectivity index (χ1) is 11.0. The Morgan fingerprint density at radius 2 is 2.00 bits per heavy atom. The molecule has 0 aliphatic heterocycles. The fourth-order valence-corrected chi connectivity index (χ4v) is 2.17. The number of para-hydroxylation sites is 1. The van der Waals surface area contributed by atoms with Crippen LogP contribution in [0.1, 0.15) is 12.7 Å². The van der Waals surface area contributed by atoms with Crippen LogP contribution >= 0.6 is 36.0 Å². The molecule has 0 radical (unpaired) electrons. The summed E-state index contributed by atoms with van der Waals surface area (Å²) in [6.07, 6.45) is 1.57. The van der Waals surface area contributed by atoms with Crippen LogP contribution in [0, 0.1) is 0 Å². The fraction of sp³-hybridized carbons (Fsp3) is 0.0714.